The summed E-state index contributed by atoms with van der Waals surface area (Å²) in [6.45, 7) is 0. The zero-order chi connectivity index (χ0) is 12.4. The van der Waals surface area contributed by atoms with Gasteiger partial charge in [0.2, 0.25) is 0 Å². The second kappa shape index (κ2) is 4.57. The minimum atomic E-state index is -3.79. The maximum absolute atomic E-state index is 11.4. The third kappa shape index (κ3) is 3.96. The Morgan fingerprint density at radius 1 is 1.12 bits per heavy atom. The number of benzene rings is 1. The van der Waals surface area contributed by atoms with E-state index in [0.29, 0.717) is 0 Å². The van der Waals surface area contributed by atoms with Crippen molar-refractivity contribution in [2.24, 2.45) is 0 Å². The first-order valence-corrected chi connectivity index (χ1v) is 8.38. The summed E-state index contributed by atoms with van der Waals surface area (Å²) in [4.78, 5) is 0.0616. The van der Waals surface area contributed by atoms with Gasteiger partial charge in [-0.2, -0.15) is 0 Å². The Balaban J connectivity index is 3.32. The predicted octanol–water partition coefficient (Wildman–Crippen LogP) is 1.63. The highest BCUT2D eigenvalue weighted by Crippen LogP contribution is 2.17. The molecule has 1 aromatic carbocycles. The largest absolute Gasteiger partial charge is 0.254 e. The van der Waals surface area contributed by atoms with Crippen LogP contribution in [0.5, 0.6) is 0 Å². The van der Waals surface area contributed by atoms with Crippen LogP contribution < -0.4 is 0 Å². The summed E-state index contributed by atoms with van der Waals surface area (Å²) < 4.78 is 44.1. The maximum Gasteiger partial charge on any atom is 0.254 e. The number of hydrogen-bond acceptors (Lipinski definition) is 4. The van der Waals surface area contributed by atoms with E-state index in [1.54, 1.807) is 12.1 Å². The molecule has 0 aliphatic rings. The number of rotatable bonds is 3. The highest BCUT2D eigenvalue weighted by atomic mass is 35.7. The van der Waals surface area contributed by atoms with Crippen molar-refractivity contribution in [1.29, 1.82) is 0 Å². The van der Waals surface area contributed by atoms with Gasteiger partial charge in [-0.25, -0.2) is 16.8 Å². The molecule has 0 N–H and O–H groups in total. The van der Waals surface area contributed by atoms with Crippen LogP contribution in [0.25, 0.3) is 6.08 Å². The van der Waals surface area contributed by atoms with Crippen LogP contribution in [0.3, 0.4) is 0 Å². The van der Waals surface area contributed by atoms with Crippen molar-refractivity contribution in [1.82, 2.24) is 0 Å². The average Bonchev–Trinajstić information content (AvgIpc) is 2.12. The molecule has 0 saturated heterocycles. The Morgan fingerprint density at radius 2 is 1.69 bits per heavy atom. The topological polar surface area (TPSA) is 68.3 Å². The van der Waals surface area contributed by atoms with Gasteiger partial charge in [-0.1, -0.05) is 18.2 Å². The van der Waals surface area contributed by atoms with E-state index < -0.39 is 18.9 Å². The second-order valence-electron chi connectivity index (χ2n) is 3.09. The van der Waals surface area contributed by atoms with E-state index in [4.69, 9.17) is 10.7 Å². The smallest absolute Gasteiger partial charge is 0.224 e. The van der Waals surface area contributed by atoms with Gasteiger partial charge in [-0.05, 0) is 17.7 Å². The molecule has 7 heteroatoms. The first kappa shape index (κ1) is 13.2. The third-order valence-electron chi connectivity index (χ3n) is 1.73. The van der Waals surface area contributed by atoms with E-state index in [2.05, 4.69) is 0 Å². The molecule has 0 heterocycles. The lowest BCUT2D eigenvalue weighted by atomic mass is 10.2. The molecule has 0 atom stereocenters. The number of hydrogen-bond donors (Lipinski definition) is 0. The lowest BCUT2D eigenvalue weighted by molar-refractivity contribution is 0.601. The summed E-state index contributed by atoms with van der Waals surface area (Å²) in [7, 11) is -2.19. The van der Waals surface area contributed by atoms with Crippen LogP contribution in [-0.2, 0) is 18.9 Å². The van der Waals surface area contributed by atoms with E-state index in [1.807, 2.05) is 0 Å². The molecule has 0 fully saturated rings. The van der Waals surface area contributed by atoms with Gasteiger partial charge in [0.05, 0.1) is 4.90 Å². The van der Waals surface area contributed by atoms with E-state index in [9.17, 15) is 16.8 Å². The third-order valence-corrected chi connectivity index (χ3v) is 3.67. The van der Waals surface area contributed by atoms with Gasteiger partial charge >= 0.3 is 0 Å². The van der Waals surface area contributed by atoms with Gasteiger partial charge in [0.25, 0.3) is 9.05 Å². The fraction of sp³-hybridized carbons (Fsp3) is 0.111. The predicted molar refractivity (Wildman–Crippen MR) is 63.4 cm³/mol. The van der Waals surface area contributed by atoms with Crippen LogP contribution in [-0.4, -0.2) is 23.1 Å². The zero-order valence-corrected chi connectivity index (χ0v) is 10.7. The summed E-state index contributed by atoms with van der Waals surface area (Å²) in [5, 5.41) is 0.749. The van der Waals surface area contributed by atoms with Gasteiger partial charge in [-0.3, -0.25) is 0 Å². The molecule has 0 bridgehead atoms. The molecule has 0 spiro atoms. The quantitative estimate of drug-likeness (QED) is 0.789. The molecule has 0 aliphatic heterocycles. The highest BCUT2D eigenvalue weighted by Gasteiger charge is 2.10. The molecule has 16 heavy (non-hydrogen) atoms. The van der Waals surface area contributed by atoms with Crippen LogP contribution >= 0.6 is 10.7 Å². The molecule has 4 nitrogen and oxygen atoms in total. The highest BCUT2D eigenvalue weighted by molar-refractivity contribution is 8.16. The molecule has 0 aliphatic carbocycles. The van der Waals surface area contributed by atoms with Gasteiger partial charge < -0.3 is 0 Å². The van der Waals surface area contributed by atoms with Crippen molar-refractivity contribution in [3.05, 3.63) is 35.2 Å². The molecule has 88 valence electrons. The molecule has 0 saturated carbocycles. The lowest BCUT2D eigenvalue weighted by Gasteiger charge is -2.02. The molecule has 1 aromatic rings. The van der Waals surface area contributed by atoms with E-state index in [1.165, 1.54) is 12.1 Å². The van der Waals surface area contributed by atoms with Crippen LogP contribution in [0.15, 0.2) is 34.6 Å². The number of halogens is 1. The van der Waals surface area contributed by atoms with Crippen molar-refractivity contribution >= 4 is 35.6 Å². The van der Waals surface area contributed by atoms with Gasteiger partial charge in [0.15, 0.2) is 9.84 Å². The van der Waals surface area contributed by atoms with Crippen LogP contribution in [0, 0.1) is 0 Å². The van der Waals surface area contributed by atoms with Crippen LogP contribution in [0.4, 0.5) is 0 Å². The molecular weight excluding hydrogens is 272 g/mol. The Bertz CT molecular complexity index is 615. The molecule has 0 unspecified atom stereocenters. The van der Waals surface area contributed by atoms with Crippen molar-refractivity contribution in [3.63, 3.8) is 0 Å². The molecular formula is C9H9ClO4S2. The molecule has 0 aromatic heterocycles. The second-order valence-corrected chi connectivity index (χ2v) is 7.59. The minimum Gasteiger partial charge on any atom is -0.224 e. The number of sulfone groups is 1. The standard InChI is InChI=1S/C9H9ClO4S2/c1-15(11,12)9-5-3-2-4-8(9)6-7-16(10,13)14/h2-7H,1H3/b7-6+. The van der Waals surface area contributed by atoms with Crippen LogP contribution in [0.2, 0.25) is 0 Å². The van der Waals surface area contributed by atoms with Crippen molar-refractivity contribution in [3.8, 4) is 0 Å². The first-order chi connectivity index (χ1) is 7.20. The van der Waals surface area contributed by atoms with Gasteiger partial charge in [0, 0.05) is 22.3 Å². The van der Waals surface area contributed by atoms with Crippen molar-refractivity contribution < 1.29 is 16.8 Å². The lowest BCUT2D eigenvalue weighted by Crippen LogP contribution is -1.99. The Labute approximate surface area is 98.9 Å². The fourth-order valence-corrected chi connectivity index (χ4v) is 2.46. The normalized spacial score (nSPS) is 13.1. The molecule has 1 rings (SSSR count). The van der Waals surface area contributed by atoms with Crippen molar-refractivity contribution in [2.45, 2.75) is 4.90 Å². The summed E-state index contributed by atoms with van der Waals surface area (Å²) in [6, 6.07) is 6.06. The van der Waals surface area contributed by atoms with Gasteiger partial charge in [-0.15, -0.1) is 0 Å². The Hall–Kier alpha value is -0.850. The Kier molecular flexibility index (Phi) is 3.77. The van der Waals surface area contributed by atoms with Gasteiger partial charge in [0.1, 0.15) is 0 Å². The first-order valence-electron chi connectivity index (χ1n) is 4.12. The molecule has 0 radical (unpaired) electrons. The van der Waals surface area contributed by atoms with E-state index in [0.717, 1.165) is 17.7 Å². The summed E-state index contributed by atoms with van der Waals surface area (Å²) in [6.07, 6.45) is 2.20. The average molecular weight is 281 g/mol. The summed E-state index contributed by atoms with van der Waals surface area (Å²) in [5.74, 6) is 0. The van der Waals surface area contributed by atoms with Crippen LogP contribution in [0.1, 0.15) is 5.56 Å². The van der Waals surface area contributed by atoms with Crippen molar-refractivity contribution in [2.75, 3.05) is 6.26 Å². The van der Waals surface area contributed by atoms with E-state index >= 15 is 0 Å². The summed E-state index contributed by atoms with van der Waals surface area (Å²) >= 11 is 0. The monoisotopic (exact) mass is 280 g/mol. The summed E-state index contributed by atoms with van der Waals surface area (Å²) in [5.41, 5.74) is 0.286. The molecule has 0 amide bonds. The Morgan fingerprint density at radius 3 is 2.19 bits per heavy atom. The minimum absolute atomic E-state index is 0.0616. The SMILES string of the molecule is CS(=O)(=O)c1ccccc1/C=C/S(=O)(=O)Cl. The maximum atomic E-state index is 11.4. The zero-order valence-electron chi connectivity index (χ0n) is 8.29. The van der Waals surface area contributed by atoms with E-state index in [-0.39, 0.29) is 10.5 Å². The fourth-order valence-electron chi connectivity index (χ4n) is 1.11.